The normalized spacial score (nSPS) is 12.2. The van der Waals surface area contributed by atoms with Gasteiger partial charge in [-0.15, -0.1) is 21.5 Å². The van der Waals surface area contributed by atoms with Crippen molar-refractivity contribution in [2.45, 2.75) is 37.9 Å². The molecule has 5 rings (SSSR count). The molecule has 0 fully saturated rings. The fourth-order valence-corrected chi connectivity index (χ4v) is 6.79. The Labute approximate surface area is 252 Å². The second-order valence-corrected chi connectivity index (χ2v) is 12.0. The molecule has 212 valence electrons. The van der Waals surface area contributed by atoms with E-state index < -0.39 is 17.7 Å². The molecule has 9 nitrogen and oxygen atoms in total. The zero-order valence-corrected chi connectivity index (χ0v) is 25.1. The molecule has 13 heteroatoms. The van der Waals surface area contributed by atoms with Crippen molar-refractivity contribution in [3.8, 4) is 5.69 Å². The lowest BCUT2D eigenvalue weighted by Crippen LogP contribution is -2.25. The molecule has 2 N–H and O–H groups in total. The quantitative estimate of drug-likeness (QED) is 0.170. The Hall–Kier alpha value is -3.55. The van der Waals surface area contributed by atoms with Crippen molar-refractivity contribution >= 4 is 61.8 Å². The fourth-order valence-electron chi connectivity index (χ4n) is 4.46. The van der Waals surface area contributed by atoms with E-state index in [2.05, 4.69) is 36.8 Å². The molecule has 1 aliphatic carbocycles. The van der Waals surface area contributed by atoms with Crippen LogP contribution in [0.4, 0.5) is 9.39 Å². The van der Waals surface area contributed by atoms with E-state index in [4.69, 9.17) is 4.74 Å². The van der Waals surface area contributed by atoms with Gasteiger partial charge in [-0.1, -0.05) is 39.8 Å². The van der Waals surface area contributed by atoms with E-state index in [1.807, 2.05) is 24.3 Å². The first-order valence-electron chi connectivity index (χ1n) is 12.8. The van der Waals surface area contributed by atoms with E-state index in [1.165, 1.54) is 29.5 Å². The summed E-state index contributed by atoms with van der Waals surface area (Å²) in [4.78, 5) is 39.4. The second-order valence-electron chi connectivity index (χ2n) is 8.99. The zero-order chi connectivity index (χ0) is 28.9. The average Bonchev–Trinajstić information content (AvgIpc) is 3.66. The fraction of sp³-hybridized carbons (Fsp3) is 0.250. The number of carbonyl (C=O) groups excluding carboxylic acids is 3. The van der Waals surface area contributed by atoms with Crippen molar-refractivity contribution in [1.82, 2.24) is 20.1 Å². The number of thioether (sulfide) groups is 1. The van der Waals surface area contributed by atoms with Gasteiger partial charge >= 0.3 is 5.97 Å². The standard InChI is InChI=1S/C28H25BrFN5O4S2/c1-2-39-27(38)24-19-7-5-9-21(19)41-26(24)32-23(36)15-40-28-34-33-22(35(28)17-12-10-16(29)11-13-17)14-31-25(37)18-6-3-4-8-20(18)30/h3-4,6,8,10-13H,2,5,7,9,14-15H2,1H3,(H,31,37)(H,32,36). The van der Waals surface area contributed by atoms with Gasteiger partial charge < -0.3 is 15.4 Å². The summed E-state index contributed by atoms with van der Waals surface area (Å²) in [6.45, 7) is 1.98. The van der Waals surface area contributed by atoms with Gasteiger partial charge in [0.2, 0.25) is 5.91 Å². The van der Waals surface area contributed by atoms with Crippen molar-refractivity contribution in [3.05, 3.63) is 86.2 Å². The van der Waals surface area contributed by atoms with Gasteiger partial charge in [0, 0.05) is 15.0 Å². The summed E-state index contributed by atoms with van der Waals surface area (Å²) >= 11 is 6.01. The number of hydrogen-bond donors (Lipinski definition) is 2. The first-order valence-corrected chi connectivity index (χ1v) is 15.4. The number of halogens is 2. The van der Waals surface area contributed by atoms with E-state index in [0.29, 0.717) is 21.5 Å². The number of rotatable bonds is 10. The number of aryl methyl sites for hydroxylation is 1. The predicted molar refractivity (Wildman–Crippen MR) is 158 cm³/mol. The maximum absolute atomic E-state index is 14.1. The number of nitrogens with zero attached hydrogens (tertiary/aromatic N) is 3. The van der Waals surface area contributed by atoms with Crippen LogP contribution in [-0.4, -0.2) is 44.9 Å². The van der Waals surface area contributed by atoms with Gasteiger partial charge in [0.25, 0.3) is 5.91 Å². The molecule has 0 unspecified atom stereocenters. The molecule has 4 aromatic rings. The Kier molecular flexibility index (Phi) is 9.15. The number of anilines is 1. The Balaban J connectivity index is 1.32. The number of aromatic nitrogens is 3. The molecule has 0 saturated carbocycles. The number of ether oxygens (including phenoxy) is 1. The maximum Gasteiger partial charge on any atom is 0.341 e. The molecule has 0 saturated heterocycles. The van der Waals surface area contributed by atoms with Gasteiger partial charge in [-0.05, 0) is 68.1 Å². The van der Waals surface area contributed by atoms with Crippen molar-refractivity contribution in [1.29, 1.82) is 0 Å². The Bertz CT molecular complexity index is 1610. The lowest BCUT2D eigenvalue weighted by Gasteiger charge is -2.12. The highest BCUT2D eigenvalue weighted by atomic mass is 79.9. The van der Waals surface area contributed by atoms with E-state index in [-0.39, 0.29) is 30.4 Å². The molecule has 0 aliphatic heterocycles. The van der Waals surface area contributed by atoms with E-state index in [0.717, 1.165) is 51.6 Å². The number of fused-ring (bicyclic) bond motifs is 1. The lowest BCUT2D eigenvalue weighted by atomic mass is 10.1. The summed E-state index contributed by atoms with van der Waals surface area (Å²) < 4.78 is 21.9. The molecular formula is C28H25BrFN5O4S2. The third kappa shape index (κ3) is 6.52. The van der Waals surface area contributed by atoms with Gasteiger partial charge in [0.15, 0.2) is 11.0 Å². The Morgan fingerprint density at radius 3 is 2.66 bits per heavy atom. The smallest absolute Gasteiger partial charge is 0.341 e. The summed E-state index contributed by atoms with van der Waals surface area (Å²) in [5.41, 5.74) is 2.06. The van der Waals surface area contributed by atoms with Gasteiger partial charge in [-0.3, -0.25) is 14.2 Å². The van der Waals surface area contributed by atoms with Crippen LogP contribution in [0.5, 0.6) is 0 Å². The molecule has 0 radical (unpaired) electrons. The maximum atomic E-state index is 14.1. The molecule has 2 heterocycles. The van der Waals surface area contributed by atoms with Crippen LogP contribution in [0.1, 0.15) is 50.3 Å². The Morgan fingerprint density at radius 2 is 1.90 bits per heavy atom. The van der Waals surface area contributed by atoms with Crippen molar-refractivity contribution in [2.75, 3.05) is 17.7 Å². The molecule has 0 atom stereocenters. The van der Waals surface area contributed by atoms with Crippen LogP contribution in [0.2, 0.25) is 0 Å². The number of carbonyl (C=O) groups is 3. The first kappa shape index (κ1) is 29.0. The lowest BCUT2D eigenvalue weighted by molar-refractivity contribution is -0.113. The van der Waals surface area contributed by atoms with Gasteiger partial charge in [0.1, 0.15) is 10.8 Å². The first-order chi connectivity index (χ1) is 19.9. The zero-order valence-electron chi connectivity index (χ0n) is 21.9. The summed E-state index contributed by atoms with van der Waals surface area (Å²) in [5, 5.41) is 15.0. The summed E-state index contributed by atoms with van der Waals surface area (Å²) in [7, 11) is 0. The minimum Gasteiger partial charge on any atom is -0.462 e. The van der Waals surface area contributed by atoms with Gasteiger partial charge in [-0.25, -0.2) is 9.18 Å². The van der Waals surface area contributed by atoms with E-state index >= 15 is 0 Å². The minimum atomic E-state index is -0.622. The van der Waals surface area contributed by atoms with Crippen LogP contribution in [0.15, 0.2) is 58.2 Å². The second kappa shape index (κ2) is 13.0. The van der Waals surface area contributed by atoms with Crippen LogP contribution in [-0.2, 0) is 28.9 Å². The highest BCUT2D eigenvalue weighted by Crippen LogP contribution is 2.39. The monoisotopic (exact) mass is 657 g/mol. The number of hydrogen-bond acceptors (Lipinski definition) is 8. The third-order valence-electron chi connectivity index (χ3n) is 6.30. The number of benzene rings is 2. The van der Waals surface area contributed by atoms with Crippen molar-refractivity contribution < 1.29 is 23.5 Å². The average molecular weight is 659 g/mol. The number of amides is 2. The molecule has 2 aromatic carbocycles. The predicted octanol–water partition coefficient (Wildman–Crippen LogP) is 5.56. The molecule has 0 spiro atoms. The highest BCUT2D eigenvalue weighted by molar-refractivity contribution is 9.10. The van der Waals surface area contributed by atoms with Crippen LogP contribution < -0.4 is 10.6 Å². The van der Waals surface area contributed by atoms with Gasteiger partial charge in [0.05, 0.1) is 30.0 Å². The third-order valence-corrected chi connectivity index (χ3v) is 8.96. The molecule has 1 aliphatic rings. The number of nitrogens with one attached hydrogen (secondary N) is 2. The molecule has 41 heavy (non-hydrogen) atoms. The SMILES string of the molecule is CCOC(=O)c1c(NC(=O)CSc2nnc(CNC(=O)c3ccccc3F)n2-c2ccc(Br)cc2)sc2c1CCC2. The summed E-state index contributed by atoms with van der Waals surface area (Å²) in [6, 6.07) is 13.1. The van der Waals surface area contributed by atoms with E-state index in [9.17, 15) is 18.8 Å². The molecule has 2 aromatic heterocycles. The number of esters is 1. The minimum absolute atomic E-state index is 0.00107. The molecular weight excluding hydrogens is 633 g/mol. The van der Waals surface area contributed by atoms with Crippen LogP contribution in [0, 0.1) is 5.82 Å². The number of thiophene rings is 1. The van der Waals surface area contributed by atoms with Crippen molar-refractivity contribution in [3.63, 3.8) is 0 Å². The highest BCUT2D eigenvalue weighted by Gasteiger charge is 2.28. The van der Waals surface area contributed by atoms with Gasteiger partial charge in [-0.2, -0.15) is 0 Å². The van der Waals surface area contributed by atoms with Crippen LogP contribution in [0.25, 0.3) is 5.69 Å². The van der Waals surface area contributed by atoms with Crippen molar-refractivity contribution in [2.24, 2.45) is 0 Å². The van der Waals surface area contributed by atoms with E-state index in [1.54, 1.807) is 17.6 Å². The summed E-state index contributed by atoms with van der Waals surface area (Å²) in [6.07, 6.45) is 2.65. The molecule has 2 amide bonds. The largest absolute Gasteiger partial charge is 0.462 e. The topological polar surface area (TPSA) is 115 Å². The Morgan fingerprint density at radius 1 is 1.12 bits per heavy atom. The summed E-state index contributed by atoms with van der Waals surface area (Å²) in [5.74, 6) is -1.53. The van der Waals surface area contributed by atoms with Crippen LogP contribution in [0.3, 0.4) is 0 Å². The van der Waals surface area contributed by atoms with Crippen LogP contribution >= 0.6 is 39.0 Å². The molecule has 0 bridgehead atoms.